The van der Waals surface area contributed by atoms with Crippen LogP contribution in [-0.4, -0.2) is 26.4 Å². The molecule has 0 spiro atoms. The summed E-state index contributed by atoms with van der Waals surface area (Å²) in [6, 6.07) is 11.3. The zero-order valence-corrected chi connectivity index (χ0v) is 16.5. The van der Waals surface area contributed by atoms with E-state index in [-0.39, 0.29) is 16.3 Å². The number of fused-ring (bicyclic) bond motifs is 1. The Morgan fingerprint density at radius 1 is 1.12 bits per heavy atom. The highest BCUT2D eigenvalue weighted by Gasteiger charge is 2.31. The van der Waals surface area contributed by atoms with Crippen molar-refractivity contribution in [2.75, 3.05) is 10.8 Å². The summed E-state index contributed by atoms with van der Waals surface area (Å²) in [6.07, 6.45) is 0.568. The zero-order valence-electron chi connectivity index (χ0n) is 14.9. The molecule has 138 valence electrons. The number of hydrogen-bond donors (Lipinski definition) is 1. The van der Waals surface area contributed by atoms with E-state index >= 15 is 0 Å². The van der Waals surface area contributed by atoms with Gasteiger partial charge in [-0.25, -0.2) is 8.42 Å². The maximum atomic E-state index is 12.9. The lowest BCUT2D eigenvalue weighted by molar-refractivity contribution is 0.0919. The van der Waals surface area contributed by atoms with Gasteiger partial charge in [-0.05, 0) is 75.2 Å². The van der Waals surface area contributed by atoms with Crippen LogP contribution in [-0.2, 0) is 16.4 Å². The fourth-order valence-corrected chi connectivity index (χ4v) is 4.54. The number of anilines is 1. The molecule has 0 saturated heterocycles. The van der Waals surface area contributed by atoms with Crippen LogP contribution in [0.25, 0.3) is 0 Å². The van der Waals surface area contributed by atoms with E-state index in [1.54, 1.807) is 30.3 Å². The zero-order chi connectivity index (χ0) is 19.1. The van der Waals surface area contributed by atoms with E-state index in [9.17, 15) is 13.2 Å². The number of nitrogens with zero attached hydrogens (tertiary/aromatic N) is 1. The van der Waals surface area contributed by atoms with Gasteiger partial charge in [0.05, 0.1) is 10.6 Å². The minimum atomic E-state index is -3.66. The Balaban J connectivity index is 1.91. The lowest BCUT2D eigenvalue weighted by atomic mass is 10.1. The van der Waals surface area contributed by atoms with Gasteiger partial charge in [-0.2, -0.15) is 0 Å². The Morgan fingerprint density at radius 3 is 2.38 bits per heavy atom. The van der Waals surface area contributed by atoms with Gasteiger partial charge < -0.3 is 5.32 Å². The summed E-state index contributed by atoms with van der Waals surface area (Å²) in [6.45, 7) is 6.10. The minimum absolute atomic E-state index is 0.167. The third kappa shape index (κ3) is 3.71. The molecule has 0 fully saturated rings. The van der Waals surface area contributed by atoms with Gasteiger partial charge in [0.25, 0.3) is 15.9 Å². The molecule has 3 rings (SSSR count). The minimum Gasteiger partial charge on any atom is -0.347 e. The first-order valence-electron chi connectivity index (χ1n) is 8.32. The van der Waals surface area contributed by atoms with E-state index < -0.39 is 10.0 Å². The second-order valence-corrected chi connectivity index (χ2v) is 9.63. The Kier molecular flexibility index (Phi) is 4.75. The first-order valence-corrected chi connectivity index (χ1v) is 10.1. The molecular formula is C19H21ClN2O3S. The van der Waals surface area contributed by atoms with Crippen LogP contribution in [0.15, 0.2) is 47.4 Å². The van der Waals surface area contributed by atoms with Crippen molar-refractivity contribution >= 4 is 33.2 Å². The van der Waals surface area contributed by atoms with Gasteiger partial charge in [-0.15, -0.1) is 0 Å². The fraction of sp³-hybridized carbons (Fsp3) is 0.316. The van der Waals surface area contributed by atoms with Gasteiger partial charge in [0.15, 0.2) is 0 Å². The van der Waals surface area contributed by atoms with Gasteiger partial charge in [0.2, 0.25) is 0 Å². The fourth-order valence-electron chi connectivity index (χ4n) is 2.91. The molecule has 0 atom stereocenters. The third-order valence-corrected chi connectivity index (χ3v) is 6.16. The highest BCUT2D eigenvalue weighted by molar-refractivity contribution is 7.92. The second kappa shape index (κ2) is 6.59. The molecule has 0 radical (unpaired) electrons. The van der Waals surface area contributed by atoms with Crippen LogP contribution in [0.1, 0.15) is 36.7 Å². The predicted octanol–water partition coefficient (Wildman–Crippen LogP) is 3.62. The van der Waals surface area contributed by atoms with Crippen LogP contribution >= 0.6 is 11.6 Å². The summed E-state index contributed by atoms with van der Waals surface area (Å²) in [7, 11) is -3.66. The van der Waals surface area contributed by atoms with Crippen molar-refractivity contribution in [2.45, 2.75) is 37.6 Å². The Bertz CT molecular complexity index is 948. The lowest BCUT2D eigenvalue weighted by Crippen LogP contribution is -2.40. The summed E-state index contributed by atoms with van der Waals surface area (Å²) >= 11 is 5.85. The molecule has 1 N–H and O–H groups in total. The number of carbonyl (C=O) groups excluding carboxylic acids is 1. The van der Waals surface area contributed by atoms with Crippen LogP contribution in [0.4, 0.5) is 5.69 Å². The molecule has 26 heavy (non-hydrogen) atoms. The number of halogens is 1. The quantitative estimate of drug-likeness (QED) is 0.867. The molecule has 2 aromatic carbocycles. The van der Waals surface area contributed by atoms with Crippen molar-refractivity contribution in [3.63, 3.8) is 0 Å². The van der Waals surface area contributed by atoms with E-state index in [0.717, 1.165) is 5.56 Å². The van der Waals surface area contributed by atoms with Gasteiger partial charge in [0, 0.05) is 22.7 Å². The highest BCUT2D eigenvalue weighted by atomic mass is 35.5. The normalized spacial score (nSPS) is 14.2. The smallest absolute Gasteiger partial charge is 0.264 e. The van der Waals surface area contributed by atoms with Crippen molar-refractivity contribution in [1.29, 1.82) is 0 Å². The monoisotopic (exact) mass is 392 g/mol. The SMILES string of the molecule is CC(C)(C)NC(=O)c1ccc2c(c1)CCN2S(=O)(=O)c1ccc(Cl)cc1. The van der Waals surface area contributed by atoms with Crippen LogP contribution in [0, 0.1) is 0 Å². The summed E-state index contributed by atoms with van der Waals surface area (Å²) < 4.78 is 27.2. The van der Waals surface area contributed by atoms with Gasteiger partial charge in [-0.1, -0.05) is 11.6 Å². The summed E-state index contributed by atoms with van der Waals surface area (Å²) in [4.78, 5) is 12.5. The molecule has 0 unspecified atom stereocenters. The number of sulfonamides is 1. The number of hydrogen-bond acceptors (Lipinski definition) is 3. The predicted molar refractivity (Wildman–Crippen MR) is 103 cm³/mol. The van der Waals surface area contributed by atoms with Gasteiger partial charge in [-0.3, -0.25) is 9.10 Å². The Morgan fingerprint density at radius 2 is 1.77 bits per heavy atom. The maximum absolute atomic E-state index is 12.9. The summed E-state index contributed by atoms with van der Waals surface area (Å²) in [5.74, 6) is -0.167. The average molecular weight is 393 g/mol. The average Bonchev–Trinajstić information content (AvgIpc) is 2.97. The molecule has 5 nitrogen and oxygen atoms in total. The number of rotatable bonds is 3. The lowest BCUT2D eigenvalue weighted by Gasteiger charge is -2.21. The maximum Gasteiger partial charge on any atom is 0.264 e. The van der Waals surface area contributed by atoms with E-state index in [1.165, 1.54) is 16.4 Å². The third-order valence-electron chi connectivity index (χ3n) is 4.08. The van der Waals surface area contributed by atoms with Gasteiger partial charge >= 0.3 is 0 Å². The van der Waals surface area contributed by atoms with Crippen molar-refractivity contribution in [3.8, 4) is 0 Å². The molecule has 0 aliphatic carbocycles. The second-order valence-electron chi connectivity index (χ2n) is 7.33. The van der Waals surface area contributed by atoms with Crippen LogP contribution in [0.3, 0.4) is 0 Å². The topological polar surface area (TPSA) is 66.5 Å². The molecular weight excluding hydrogens is 372 g/mol. The van der Waals surface area contributed by atoms with Crippen LogP contribution in [0.5, 0.6) is 0 Å². The molecule has 1 heterocycles. The molecule has 0 aromatic heterocycles. The summed E-state index contributed by atoms with van der Waals surface area (Å²) in [5.41, 5.74) is 1.67. The standard InChI is InChI=1S/C19H21ClN2O3S/c1-19(2,3)21-18(23)14-4-9-17-13(12-14)10-11-22(17)26(24,25)16-7-5-15(20)6-8-16/h4-9,12H,10-11H2,1-3H3,(H,21,23). The van der Waals surface area contributed by atoms with E-state index in [2.05, 4.69) is 5.32 Å². The molecule has 7 heteroatoms. The van der Waals surface area contributed by atoms with Crippen molar-refractivity contribution in [1.82, 2.24) is 5.32 Å². The van der Waals surface area contributed by atoms with E-state index in [1.807, 2.05) is 20.8 Å². The summed E-state index contributed by atoms with van der Waals surface area (Å²) in [5, 5.41) is 3.40. The molecule has 1 aliphatic heterocycles. The molecule has 1 aliphatic rings. The number of amides is 1. The molecule has 1 amide bonds. The largest absolute Gasteiger partial charge is 0.347 e. The Labute approximate surface area is 159 Å². The van der Waals surface area contributed by atoms with Gasteiger partial charge in [0.1, 0.15) is 0 Å². The van der Waals surface area contributed by atoms with Crippen molar-refractivity contribution < 1.29 is 13.2 Å². The van der Waals surface area contributed by atoms with Crippen molar-refractivity contribution in [2.24, 2.45) is 0 Å². The molecule has 0 saturated carbocycles. The first kappa shape index (κ1) is 18.7. The molecule has 2 aromatic rings. The number of benzene rings is 2. The number of carbonyl (C=O) groups is 1. The van der Waals surface area contributed by atoms with Crippen LogP contribution in [0.2, 0.25) is 5.02 Å². The van der Waals surface area contributed by atoms with E-state index in [0.29, 0.717) is 29.2 Å². The highest BCUT2D eigenvalue weighted by Crippen LogP contribution is 2.34. The number of nitrogens with one attached hydrogen (secondary N) is 1. The first-order chi connectivity index (χ1) is 12.1. The molecule has 0 bridgehead atoms. The van der Waals surface area contributed by atoms with Crippen molar-refractivity contribution in [3.05, 3.63) is 58.6 Å². The Hall–Kier alpha value is -2.05. The van der Waals surface area contributed by atoms with Crippen LogP contribution < -0.4 is 9.62 Å². The van der Waals surface area contributed by atoms with E-state index in [4.69, 9.17) is 11.6 Å².